The molecule has 1 amide bonds. The number of aliphatic hydroxyl groups excluding tert-OH is 1. The van der Waals surface area contributed by atoms with Crippen molar-refractivity contribution in [2.24, 2.45) is 0 Å². The van der Waals surface area contributed by atoms with Crippen molar-refractivity contribution in [2.75, 3.05) is 13.1 Å². The number of hydrogen-bond acceptors (Lipinski definition) is 2. The maximum absolute atomic E-state index is 11.9. The van der Waals surface area contributed by atoms with Crippen LogP contribution in [0.25, 0.3) is 0 Å². The number of hydrogen-bond donors (Lipinski definition) is 1. The third kappa shape index (κ3) is 3.54. The second-order valence-electron chi connectivity index (χ2n) is 4.41. The van der Waals surface area contributed by atoms with Crippen LogP contribution in [0.4, 0.5) is 0 Å². The number of carbonyl (C=O) groups is 1. The van der Waals surface area contributed by atoms with Gasteiger partial charge in [0.2, 0.25) is 5.91 Å². The highest BCUT2D eigenvalue weighted by molar-refractivity contribution is 9.10. The van der Waals surface area contributed by atoms with E-state index < -0.39 is 0 Å². The molecule has 1 saturated heterocycles. The Hall–Kier alpha value is -0.870. The molecular formula is C13H16BrNO2. The summed E-state index contributed by atoms with van der Waals surface area (Å²) in [5.41, 5.74) is 1.16. The topological polar surface area (TPSA) is 40.5 Å². The molecule has 0 radical (unpaired) electrons. The average molecular weight is 298 g/mol. The van der Waals surface area contributed by atoms with E-state index in [9.17, 15) is 9.90 Å². The minimum atomic E-state index is -0.329. The largest absolute Gasteiger partial charge is 0.391 e. The number of amides is 1. The predicted octanol–water partition coefficient (Wildman–Crippen LogP) is 1.97. The molecule has 0 aliphatic carbocycles. The number of nitrogens with zero attached hydrogens (tertiary/aromatic N) is 1. The fourth-order valence-electron chi connectivity index (χ4n) is 2.07. The van der Waals surface area contributed by atoms with Gasteiger partial charge >= 0.3 is 0 Å². The number of halogens is 1. The minimum Gasteiger partial charge on any atom is -0.391 e. The van der Waals surface area contributed by atoms with Gasteiger partial charge in [0.1, 0.15) is 0 Å². The summed E-state index contributed by atoms with van der Waals surface area (Å²) in [6.45, 7) is 1.19. The van der Waals surface area contributed by atoms with Crippen molar-refractivity contribution in [3.05, 3.63) is 34.3 Å². The van der Waals surface area contributed by atoms with Crippen LogP contribution in [0.2, 0.25) is 0 Å². The van der Waals surface area contributed by atoms with E-state index in [0.29, 0.717) is 25.9 Å². The van der Waals surface area contributed by atoms with Gasteiger partial charge in [0.15, 0.2) is 0 Å². The van der Waals surface area contributed by atoms with E-state index in [-0.39, 0.29) is 12.0 Å². The van der Waals surface area contributed by atoms with Crippen LogP contribution in [0.15, 0.2) is 28.7 Å². The maximum atomic E-state index is 11.9. The molecule has 92 valence electrons. The molecule has 1 atom stereocenters. The highest BCUT2D eigenvalue weighted by atomic mass is 79.9. The normalized spacial score (nSPS) is 19.6. The SMILES string of the molecule is O=C(CCc1cccc(Br)c1)N1CC[C@H](O)C1. The van der Waals surface area contributed by atoms with Crippen LogP contribution < -0.4 is 0 Å². The van der Waals surface area contributed by atoms with E-state index in [0.717, 1.165) is 16.5 Å². The smallest absolute Gasteiger partial charge is 0.222 e. The second kappa shape index (κ2) is 5.65. The van der Waals surface area contributed by atoms with Crippen molar-refractivity contribution in [1.82, 2.24) is 4.90 Å². The molecule has 0 bridgehead atoms. The van der Waals surface area contributed by atoms with Crippen LogP contribution in [-0.2, 0) is 11.2 Å². The van der Waals surface area contributed by atoms with Crippen LogP contribution in [0.5, 0.6) is 0 Å². The Morgan fingerprint density at radius 1 is 1.53 bits per heavy atom. The van der Waals surface area contributed by atoms with E-state index in [1.54, 1.807) is 4.90 Å². The first-order valence-corrected chi connectivity index (χ1v) is 6.65. The highest BCUT2D eigenvalue weighted by Crippen LogP contribution is 2.15. The van der Waals surface area contributed by atoms with Crippen LogP contribution in [-0.4, -0.2) is 35.1 Å². The Morgan fingerprint density at radius 2 is 2.35 bits per heavy atom. The number of aryl methyl sites for hydroxylation is 1. The molecular weight excluding hydrogens is 282 g/mol. The molecule has 0 saturated carbocycles. The Bertz CT molecular complexity index is 408. The zero-order valence-electron chi connectivity index (χ0n) is 9.60. The summed E-state index contributed by atoms with van der Waals surface area (Å²) in [4.78, 5) is 13.6. The number of benzene rings is 1. The Balaban J connectivity index is 1.84. The Labute approximate surface area is 110 Å². The van der Waals surface area contributed by atoms with Gasteiger partial charge in [0.05, 0.1) is 6.10 Å². The lowest BCUT2D eigenvalue weighted by Crippen LogP contribution is -2.29. The molecule has 0 unspecified atom stereocenters. The van der Waals surface area contributed by atoms with E-state index in [1.807, 2.05) is 24.3 Å². The van der Waals surface area contributed by atoms with Crippen LogP contribution in [0.3, 0.4) is 0 Å². The minimum absolute atomic E-state index is 0.140. The summed E-state index contributed by atoms with van der Waals surface area (Å²) >= 11 is 3.41. The Kier molecular flexibility index (Phi) is 4.18. The number of rotatable bonds is 3. The third-order valence-electron chi connectivity index (χ3n) is 3.03. The number of likely N-dealkylation sites (tertiary alicyclic amines) is 1. The fourth-order valence-corrected chi connectivity index (χ4v) is 2.52. The molecule has 1 aromatic rings. The third-order valence-corrected chi connectivity index (χ3v) is 3.53. The number of β-amino-alcohol motifs (C(OH)–C–C–N with tert-alkyl or cyclic N) is 1. The van der Waals surface area contributed by atoms with E-state index >= 15 is 0 Å². The molecule has 1 aliphatic heterocycles. The monoisotopic (exact) mass is 297 g/mol. The Morgan fingerprint density at radius 3 is 3.00 bits per heavy atom. The molecule has 0 spiro atoms. The summed E-state index contributed by atoms with van der Waals surface area (Å²) in [7, 11) is 0. The van der Waals surface area contributed by atoms with Gasteiger partial charge < -0.3 is 10.0 Å². The van der Waals surface area contributed by atoms with Gasteiger partial charge in [0.25, 0.3) is 0 Å². The maximum Gasteiger partial charge on any atom is 0.222 e. The van der Waals surface area contributed by atoms with E-state index in [2.05, 4.69) is 15.9 Å². The van der Waals surface area contributed by atoms with Crippen molar-refractivity contribution in [3.63, 3.8) is 0 Å². The van der Waals surface area contributed by atoms with Crippen molar-refractivity contribution in [1.29, 1.82) is 0 Å². The zero-order chi connectivity index (χ0) is 12.3. The average Bonchev–Trinajstić information content (AvgIpc) is 2.73. The highest BCUT2D eigenvalue weighted by Gasteiger charge is 2.23. The molecule has 1 aliphatic rings. The first-order chi connectivity index (χ1) is 8.15. The van der Waals surface area contributed by atoms with E-state index in [4.69, 9.17) is 0 Å². The molecule has 2 rings (SSSR count). The van der Waals surface area contributed by atoms with Crippen LogP contribution in [0, 0.1) is 0 Å². The molecule has 17 heavy (non-hydrogen) atoms. The van der Waals surface area contributed by atoms with Gasteiger partial charge in [-0.2, -0.15) is 0 Å². The van der Waals surface area contributed by atoms with Crippen LogP contribution >= 0.6 is 15.9 Å². The summed E-state index contributed by atoms with van der Waals surface area (Å²) < 4.78 is 1.04. The van der Waals surface area contributed by atoms with E-state index in [1.165, 1.54) is 0 Å². The van der Waals surface area contributed by atoms with Gasteiger partial charge in [-0.05, 0) is 30.5 Å². The lowest BCUT2D eigenvalue weighted by atomic mass is 10.1. The summed E-state index contributed by atoms with van der Waals surface area (Å²) in [6, 6.07) is 8.01. The van der Waals surface area contributed by atoms with Gasteiger partial charge in [-0.3, -0.25) is 4.79 Å². The number of carbonyl (C=O) groups excluding carboxylic acids is 1. The molecule has 3 nitrogen and oxygen atoms in total. The van der Waals surface area contributed by atoms with Gasteiger partial charge in [-0.1, -0.05) is 28.1 Å². The standard InChI is InChI=1S/C13H16BrNO2/c14-11-3-1-2-10(8-11)4-5-13(17)15-7-6-12(16)9-15/h1-3,8,12,16H,4-7,9H2/t12-/m0/s1. The first-order valence-electron chi connectivity index (χ1n) is 5.85. The number of aliphatic hydroxyl groups is 1. The van der Waals surface area contributed by atoms with Crippen LogP contribution in [0.1, 0.15) is 18.4 Å². The molecule has 0 aromatic heterocycles. The van der Waals surface area contributed by atoms with Crippen molar-refractivity contribution in [2.45, 2.75) is 25.4 Å². The zero-order valence-corrected chi connectivity index (χ0v) is 11.2. The molecule has 1 heterocycles. The molecule has 1 N–H and O–H groups in total. The van der Waals surface area contributed by atoms with Gasteiger partial charge in [-0.25, -0.2) is 0 Å². The molecule has 1 fully saturated rings. The fraction of sp³-hybridized carbons (Fsp3) is 0.462. The van der Waals surface area contributed by atoms with Gasteiger partial charge in [0, 0.05) is 24.0 Å². The predicted molar refractivity (Wildman–Crippen MR) is 69.7 cm³/mol. The van der Waals surface area contributed by atoms with Crippen molar-refractivity contribution >= 4 is 21.8 Å². The van der Waals surface area contributed by atoms with Crippen molar-refractivity contribution in [3.8, 4) is 0 Å². The lowest BCUT2D eigenvalue weighted by molar-refractivity contribution is -0.130. The summed E-state index contributed by atoms with van der Waals surface area (Å²) in [5.74, 6) is 0.140. The quantitative estimate of drug-likeness (QED) is 0.927. The van der Waals surface area contributed by atoms with Gasteiger partial charge in [-0.15, -0.1) is 0 Å². The molecule has 4 heteroatoms. The van der Waals surface area contributed by atoms with Crippen molar-refractivity contribution < 1.29 is 9.90 Å². The summed E-state index contributed by atoms with van der Waals surface area (Å²) in [6.07, 6.45) is 1.65. The second-order valence-corrected chi connectivity index (χ2v) is 5.33. The first kappa shape index (κ1) is 12.6. The lowest BCUT2D eigenvalue weighted by Gasteiger charge is -2.15. The summed E-state index contributed by atoms with van der Waals surface area (Å²) in [5, 5.41) is 9.37. The molecule has 1 aromatic carbocycles.